The lowest BCUT2D eigenvalue weighted by Gasteiger charge is -2.19. The molecule has 3 nitrogen and oxygen atoms in total. The molecule has 0 bridgehead atoms. The van der Waals surface area contributed by atoms with E-state index < -0.39 is 0 Å². The molecule has 4 aromatic rings. The van der Waals surface area contributed by atoms with Crippen LogP contribution >= 0.6 is 22.9 Å². The van der Waals surface area contributed by atoms with Gasteiger partial charge in [-0.1, -0.05) is 61.0 Å². The Morgan fingerprint density at radius 3 is 2.62 bits per heavy atom. The largest absolute Gasteiger partial charge is 0.363 e. The van der Waals surface area contributed by atoms with Gasteiger partial charge in [-0.15, -0.1) is 11.3 Å². The fourth-order valence-electron chi connectivity index (χ4n) is 3.72. The van der Waals surface area contributed by atoms with E-state index in [2.05, 4.69) is 43.1 Å². The Labute approximate surface area is 197 Å². The zero-order valence-corrected chi connectivity index (χ0v) is 19.6. The Bertz CT molecular complexity index is 1260. The van der Waals surface area contributed by atoms with Gasteiger partial charge in [-0.2, -0.15) is 5.26 Å². The number of thiazole rings is 1. The molecule has 0 fully saturated rings. The van der Waals surface area contributed by atoms with Crippen molar-refractivity contribution in [1.29, 1.82) is 5.26 Å². The second-order valence-corrected chi connectivity index (χ2v) is 8.93. The average molecular weight is 459 g/mol. The third-order valence-corrected chi connectivity index (χ3v) is 6.71. The lowest BCUT2D eigenvalue weighted by Crippen LogP contribution is -2.06. The zero-order valence-electron chi connectivity index (χ0n) is 18.0. The fraction of sp³-hybridized carbons (Fsp3) is 0.185. The van der Waals surface area contributed by atoms with Gasteiger partial charge in [-0.25, -0.2) is 0 Å². The van der Waals surface area contributed by atoms with Crippen LogP contribution in [-0.4, -0.2) is 4.98 Å². The van der Waals surface area contributed by atoms with E-state index in [1.807, 2.05) is 48.7 Å². The van der Waals surface area contributed by atoms with Gasteiger partial charge in [0.15, 0.2) is 0 Å². The molecule has 0 saturated carbocycles. The van der Waals surface area contributed by atoms with E-state index in [1.165, 1.54) is 5.56 Å². The molecule has 1 unspecified atom stereocenters. The van der Waals surface area contributed by atoms with Crippen LogP contribution in [0.2, 0.25) is 5.02 Å². The summed E-state index contributed by atoms with van der Waals surface area (Å²) in [5.74, 6) is 0. The van der Waals surface area contributed by atoms with E-state index in [4.69, 9.17) is 16.3 Å². The number of rotatable bonds is 7. The van der Waals surface area contributed by atoms with Crippen molar-refractivity contribution >= 4 is 22.9 Å². The highest BCUT2D eigenvalue weighted by Gasteiger charge is 2.20. The Kier molecular flexibility index (Phi) is 7.02. The van der Waals surface area contributed by atoms with Gasteiger partial charge in [0.05, 0.1) is 28.6 Å². The van der Waals surface area contributed by atoms with Gasteiger partial charge in [-0.3, -0.25) is 4.98 Å². The number of hydrogen-bond donors (Lipinski definition) is 0. The fourth-order valence-corrected chi connectivity index (χ4v) is 4.67. The van der Waals surface area contributed by atoms with Crippen LogP contribution in [0.5, 0.6) is 0 Å². The van der Waals surface area contributed by atoms with Crippen LogP contribution in [0.4, 0.5) is 0 Å². The molecule has 0 amide bonds. The Hall–Kier alpha value is -2.97. The molecular formula is C27H23ClN2OS. The topological polar surface area (TPSA) is 45.9 Å². The molecule has 1 atom stereocenters. The van der Waals surface area contributed by atoms with Crippen LogP contribution < -0.4 is 0 Å². The number of nitrogens with zero attached hydrogens (tertiary/aromatic N) is 2. The number of benzene rings is 3. The molecule has 0 aliphatic rings. The van der Waals surface area contributed by atoms with E-state index in [9.17, 15) is 5.26 Å². The third-order valence-electron chi connectivity index (χ3n) is 5.54. The van der Waals surface area contributed by atoms with Crippen LogP contribution in [-0.2, 0) is 17.8 Å². The standard InChI is InChI=1S/C27H23ClN2OS/c1-3-19-8-9-22(25(28)12-19)16-31-27(26-15-30-17-32-26)20-10-11-21(14-29)24(13-20)23-7-5-4-6-18(23)2/h4-13,15,17,27H,3,16H2,1-2H3. The molecule has 0 radical (unpaired) electrons. The molecule has 4 rings (SSSR count). The summed E-state index contributed by atoms with van der Waals surface area (Å²) >= 11 is 8.05. The summed E-state index contributed by atoms with van der Waals surface area (Å²) in [6, 6.07) is 22.5. The highest BCUT2D eigenvalue weighted by Crippen LogP contribution is 2.35. The Morgan fingerprint density at radius 1 is 1.09 bits per heavy atom. The molecule has 0 N–H and O–H groups in total. The van der Waals surface area contributed by atoms with Gasteiger partial charge in [-0.05, 0) is 59.4 Å². The van der Waals surface area contributed by atoms with Crippen molar-refractivity contribution in [2.45, 2.75) is 33.0 Å². The van der Waals surface area contributed by atoms with Crippen molar-refractivity contribution in [2.24, 2.45) is 0 Å². The molecule has 160 valence electrons. The molecule has 32 heavy (non-hydrogen) atoms. The maximum absolute atomic E-state index is 9.71. The molecule has 1 aromatic heterocycles. The molecule has 5 heteroatoms. The predicted molar refractivity (Wildman–Crippen MR) is 131 cm³/mol. The quantitative estimate of drug-likeness (QED) is 0.288. The molecule has 0 aliphatic carbocycles. The van der Waals surface area contributed by atoms with Gasteiger partial charge in [0.1, 0.15) is 6.10 Å². The Balaban J connectivity index is 1.71. The average Bonchev–Trinajstić information content (AvgIpc) is 3.35. The summed E-state index contributed by atoms with van der Waals surface area (Å²) in [5.41, 5.74) is 8.66. The number of hydrogen-bond acceptors (Lipinski definition) is 4. The number of nitriles is 1. The van der Waals surface area contributed by atoms with E-state index in [0.717, 1.165) is 39.1 Å². The van der Waals surface area contributed by atoms with Gasteiger partial charge in [0.2, 0.25) is 0 Å². The molecule has 0 saturated heterocycles. The van der Waals surface area contributed by atoms with Crippen molar-refractivity contribution in [2.75, 3.05) is 0 Å². The maximum atomic E-state index is 9.71. The van der Waals surface area contributed by atoms with E-state index in [1.54, 1.807) is 16.8 Å². The summed E-state index contributed by atoms with van der Waals surface area (Å²) in [6.07, 6.45) is 2.47. The minimum Gasteiger partial charge on any atom is -0.363 e. The maximum Gasteiger partial charge on any atom is 0.119 e. The monoisotopic (exact) mass is 458 g/mol. The molecule has 0 spiro atoms. The van der Waals surface area contributed by atoms with Crippen LogP contribution in [0.1, 0.15) is 45.7 Å². The summed E-state index contributed by atoms with van der Waals surface area (Å²) < 4.78 is 6.41. The van der Waals surface area contributed by atoms with E-state index in [-0.39, 0.29) is 6.10 Å². The summed E-state index contributed by atoms with van der Waals surface area (Å²) in [5, 5.41) is 10.4. The van der Waals surface area contributed by atoms with Crippen molar-refractivity contribution in [3.8, 4) is 17.2 Å². The second-order valence-electron chi connectivity index (χ2n) is 7.61. The number of aromatic nitrogens is 1. The molecular weight excluding hydrogens is 436 g/mol. The van der Waals surface area contributed by atoms with Crippen molar-refractivity contribution < 1.29 is 4.74 Å². The first-order valence-corrected chi connectivity index (χ1v) is 11.7. The van der Waals surface area contributed by atoms with Gasteiger partial charge < -0.3 is 4.74 Å². The van der Waals surface area contributed by atoms with Crippen molar-refractivity contribution in [3.05, 3.63) is 110 Å². The van der Waals surface area contributed by atoms with E-state index in [0.29, 0.717) is 17.2 Å². The molecule has 0 aliphatic heterocycles. The summed E-state index contributed by atoms with van der Waals surface area (Å²) in [7, 11) is 0. The highest BCUT2D eigenvalue weighted by molar-refractivity contribution is 7.09. The normalized spacial score (nSPS) is 11.8. The summed E-state index contributed by atoms with van der Waals surface area (Å²) in [4.78, 5) is 5.26. The van der Waals surface area contributed by atoms with Crippen molar-refractivity contribution in [3.63, 3.8) is 0 Å². The van der Waals surface area contributed by atoms with Crippen LogP contribution in [0.15, 0.2) is 72.4 Å². The third kappa shape index (κ3) is 4.76. The molecule has 3 aromatic carbocycles. The van der Waals surface area contributed by atoms with E-state index >= 15 is 0 Å². The van der Waals surface area contributed by atoms with Gasteiger partial charge in [0, 0.05) is 16.8 Å². The van der Waals surface area contributed by atoms with Crippen molar-refractivity contribution in [1.82, 2.24) is 4.98 Å². The predicted octanol–water partition coefficient (Wildman–Crippen LogP) is 7.51. The number of aryl methyl sites for hydroxylation is 2. The second kappa shape index (κ2) is 10.1. The lowest BCUT2D eigenvalue weighted by atomic mass is 9.93. The van der Waals surface area contributed by atoms with Gasteiger partial charge >= 0.3 is 0 Å². The number of ether oxygens (including phenoxy) is 1. The van der Waals surface area contributed by atoms with Gasteiger partial charge in [0.25, 0.3) is 0 Å². The minimum absolute atomic E-state index is 0.306. The number of halogens is 1. The first kappa shape index (κ1) is 22.2. The zero-order chi connectivity index (χ0) is 22.5. The lowest BCUT2D eigenvalue weighted by molar-refractivity contribution is 0.0689. The Morgan fingerprint density at radius 2 is 1.94 bits per heavy atom. The first-order valence-electron chi connectivity index (χ1n) is 10.5. The smallest absolute Gasteiger partial charge is 0.119 e. The van der Waals surface area contributed by atoms with Crippen LogP contribution in [0, 0.1) is 18.3 Å². The highest BCUT2D eigenvalue weighted by atomic mass is 35.5. The SMILES string of the molecule is CCc1ccc(COC(c2ccc(C#N)c(-c3ccccc3C)c2)c2cncs2)c(Cl)c1. The van der Waals surface area contributed by atoms with Crippen LogP contribution in [0.3, 0.4) is 0 Å². The minimum atomic E-state index is -0.306. The first-order chi connectivity index (χ1) is 15.6. The van der Waals surface area contributed by atoms with Crippen LogP contribution in [0.25, 0.3) is 11.1 Å². The molecule has 1 heterocycles. The summed E-state index contributed by atoms with van der Waals surface area (Å²) in [6.45, 7) is 4.55.